The Labute approximate surface area is 120 Å². The minimum atomic E-state index is -4.24. The minimum absolute atomic E-state index is 0.340. The van der Waals surface area contributed by atoms with Gasteiger partial charge in [-0.05, 0) is 18.1 Å². The molecule has 0 N–H and O–H groups in total. The normalized spacial score (nSPS) is 11.7. The van der Waals surface area contributed by atoms with E-state index in [0.717, 1.165) is 6.07 Å². The molecule has 0 atom stereocenters. The largest absolute Gasteiger partial charge is 0.416 e. The lowest BCUT2D eigenvalue weighted by Gasteiger charge is -2.11. The fraction of sp³-hybridized carbons (Fsp3) is 0.333. The van der Waals surface area contributed by atoms with Crippen LogP contribution in [0.5, 0.6) is 0 Å². The van der Waals surface area contributed by atoms with E-state index in [1.54, 1.807) is 6.07 Å². The first kappa shape index (κ1) is 18.0. The average molecular weight is 388 g/mol. The number of hydrogen-bond donors (Lipinski definition) is 0. The number of aryl methyl sites for hydroxylation is 1. The number of benzene rings is 1. The lowest BCUT2D eigenvalue weighted by Crippen LogP contribution is -2.09. The Bertz CT molecular complexity index is 469. The SMILES string of the molecule is FC(F)(F)c1ccccc1CCBr.O=S(=O)(Cl)Cl. The highest BCUT2D eigenvalue weighted by atomic mass is 79.9. The zero-order valence-corrected chi connectivity index (χ0v) is 12.6. The second-order valence-corrected chi connectivity index (χ2v) is 7.43. The summed E-state index contributed by atoms with van der Waals surface area (Å²) in [6, 6.07) is 5.63. The van der Waals surface area contributed by atoms with Crippen LogP contribution in [0.1, 0.15) is 11.1 Å². The third-order valence-corrected chi connectivity index (χ3v) is 2.08. The van der Waals surface area contributed by atoms with E-state index in [1.165, 1.54) is 12.1 Å². The van der Waals surface area contributed by atoms with Crippen LogP contribution in [0.2, 0.25) is 0 Å². The molecule has 0 fully saturated rings. The molecule has 0 saturated carbocycles. The van der Waals surface area contributed by atoms with Gasteiger partial charge < -0.3 is 0 Å². The summed E-state index contributed by atoms with van der Waals surface area (Å²) in [6.07, 6.45) is -3.84. The molecule has 0 radical (unpaired) electrons. The van der Waals surface area contributed by atoms with Gasteiger partial charge in [0, 0.05) is 26.7 Å². The highest BCUT2D eigenvalue weighted by Gasteiger charge is 2.32. The van der Waals surface area contributed by atoms with E-state index in [-0.39, 0.29) is 0 Å². The molecule has 104 valence electrons. The summed E-state index contributed by atoms with van der Waals surface area (Å²) in [5.41, 5.74) is -0.193. The van der Waals surface area contributed by atoms with Crippen molar-refractivity contribution in [3.05, 3.63) is 35.4 Å². The molecule has 1 rings (SSSR count). The van der Waals surface area contributed by atoms with Crippen molar-refractivity contribution in [2.24, 2.45) is 0 Å². The van der Waals surface area contributed by atoms with Gasteiger partial charge >= 0.3 is 14.4 Å². The van der Waals surface area contributed by atoms with Gasteiger partial charge in [-0.15, -0.1) is 0 Å². The molecule has 0 unspecified atom stereocenters. The molecule has 0 saturated heterocycles. The molecule has 18 heavy (non-hydrogen) atoms. The molecule has 2 nitrogen and oxygen atoms in total. The van der Waals surface area contributed by atoms with Crippen LogP contribution in [-0.2, 0) is 20.9 Å². The van der Waals surface area contributed by atoms with E-state index in [4.69, 9.17) is 8.42 Å². The predicted molar refractivity (Wildman–Crippen MR) is 69.6 cm³/mol. The highest BCUT2D eigenvalue weighted by molar-refractivity contribution is 9.09. The molecule has 0 aliphatic rings. The van der Waals surface area contributed by atoms with Crippen LogP contribution in [0, 0.1) is 0 Å². The van der Waals surface area contributed by atoms with Gasteiger partial charge in [-0.25, -0.2) is 0 Å². The van der Waals surface area contributed by atoms with Gasteiger partial charge in [0.25, 0.3) is 0 Å². The van der Waals surface area contributed by atoms with E-state index in [1.807, 2.05) is 0 Å². The Morgan fingerprint density at radius 3 is 2.00 bits per heavy atom. The first-order valence-corrected chi connectivity index (χ1v) is 8.66. The fourth-order valence-corrected chi connectivity index (χ4v) is 1.54. The number of alkyl halides is 4. The molecule has 1 aromatic rings. The number of rotatable bonds is 2. The zero-order chi connectivity index (χ0) is 14.4. The van der Waals surface area contributed by atoms with Gasteiger partial charge in [-0.1, -0.05) is 34.1 Å². The summed E-state index contributed by atoms with van der Waals surface area (Å²) in [6.45, 7) is 0. The number of hydrogen-bond acceptors (Lipinski definition) is 2. The van der Waals surface area contributed by atoms with Crippen LogP contribution < -0.4 is 0 Å². The zero-order valence-electron chi connectivity index (χ0n) is 8.72. The van der Waals surface area contributed by atoms with Crippen molar-refractivity contribution >= 4 is 45.6 Å². The van der Waals surface area contributed by atoms with Crippen molar-refractivity contribution in [2.45, 2.75) is 12.6 Å². The summed E-state index contributed by atoms with van der Waals surface area (Å²) in [5.74, 6) is 0. The van der Waals surface area contributed by atoms with Crippen molar-refractivity contribution in [1.82, 2.24) is 0 Å². The smallest absolute Gasteiger partial charge is 0.195 e. The van der Waals surface area contributed by atoms with E-state index in [2.05, 4.69) is 37.3 Å². The standard InChI is InChI=1S/C9H8BrF3.Cl2O2S/c10-6-5-7-3-1-2-4-8(7)9(11,12)13;1-5(2,3)4/h1-4H,5-6H2;. The van der Waals surface area contributed by atoms with E-state index in [0.29, 0.717) is 17.3 Å². The summed E-state index contributed by atoms with van der Waals surface area (Å²) in [4.78, 5) is 0. The number of halogens is 6. The first-order chi connectivity index (χ1) is 8.05. The van der Waals surface area contributed by atoms with Crippen LogP contribution in [0.15, 0.2) is 24.3 Å². The molecule has 0 amide bonds. The Morgan fingerprint density at radius 1 is 1.17 bits per heavy atom. The molecular formula is C9H8BrCl2F3O2S. The van der Waals surface area contributed by atoms with E-state index >= 15 is 0 Å². The average Bonchev–Trinajstić information content (AvgIpc) is 2.14. The minimum Gasteiger partial charge on any atom is -0.195 e. The van der Waals surface area contributed by atoms with Crippen molar-refractivity contribution in [1.29, 1.82) is 0 Å². The molecule has 0 heterocycles. The monoisotopic (exact) mass is 386 g/mol. The van der Waals surface area contributed by atoms with Crippen LogP contribution in [0.3, 0.4) is 0 Å². The van der Waals surface area contributed by atoms with Crippen molar-refractivity contribution < 1.29 is 21.6 Å². The maximum absolute atomic E-state index is 12.4. The van der Waals surface area contributed by atoms with Crippen LogP contribution >= 0.6 is 37.3 Å². The molecule has 0 aromatic heterocycles. The molecule has 0 aliphatic carbocycles. The third kappa shape index (κ3) is 9.02. The topological polar surface area (TPSA) is 34.1 Å². The summed E-state index contributed by atoms with van der Waals surface area (Å²) in [5, 5.41) is 0.542. The van der Waals surface area contributed by atoms with Crippen molar-refractivity contribution in [2.75, 3.05) is 5.33 Å². The second kappa shape index (κ2) is 7.57. The Kier molecular flexibility index (Phi) is 7.58. The quantitative estimate of drug-likeness (QED) is 0.558. The van der Waals surface area contributed by atoms with Gasteiger partial charge in [0.1, 0.15) is 0 Å². The lowest BCUT2D eigenvalue weighted by atomic mass is 10.1. The Balaban J connectivity index is 0.000000494. The van der Waals surface area contributed by atoms with E-state index in [9.17, 15) is 13.2 Å². The molecule has 0 bridgehead atoms. The first-order valence-electron chi connectivity index (χ1n) is 4.41. The maximum Gasteiger partial charge on any atom is 0.416 e. The third-order valence-electron chi connectivity index (χ3n) is 1.69. The van der Waals surface area contributed by atoms with Crippen LogP contribution in [0.25, 0.3) is 0 Å². The second-order valence-electron chi connectivity index (χ2n) is 2.97. The van der Waals surface area contributed by atoms with Gasteiger partial charge in [0.2, 0.25) is 0 Å². The van der Waals surface area contributed by atoms with Crippen LogP contribution in [-0.4, -0.2) is 13.7 Å². The summed E-state index contributed by atoms with van der Waals surface area (Å²) < 4.78 is 55.4. The molecular weight excluding hydrogens is 380 g/mol. The molecule has 0 aliphatic heterocycles. The van der Waals surface area contributed by atoms with Crippen LogP contribution in [0.4, 0.5) is 13.2 Å². The Morgan fingerprint density at radius 2 is 1.61 bits per heavy atom. The molecule has 9 heteroatoms. The van der Waals surface area contributed by atoms with Gasteiger partial charge in [-0.2, -0.15) is 21.6 Å². The fourth-order valence-electron chi connectivity index (χ4n) is 1.12. The highest BCUT2D eigenvalue weighted by Crippen LogP contribution is 2.32. The van der Waals surface area contributed by atoms with Crippen molar-refractivity contribution in [3.8, 4) is 0 Å². The molecule has 0 spiro atoms. The Hall–Kier alpha value is 0.0200. The molecule has 1 aromatic carbocycles. The summed E-state index contributed by atoms with van der Waals surface area (Å²) in [7, 11) is 4.81. The van der Waals surface area contributed by atoms with Gasteiger partial charge in [0.15, 0.2) is 0 Å². The van der Waals surface area contributed by atoms with Gasteiger partial charge in [0.05, 0.1) is 5.56 Å². The van der Waals surface area contributed by atoms with E-state index < -0.39 is 20.0 Å². The maximum atomic E-state index is 12.4. The summed E-state index contributed by atoms with van der Waals surface area (Å²) >= 11 is 3.12. The van der Waals surface area contributed by atoms with Gasteiger partial charge in [-0.3, -0.25) is 0 Å². The van der Waals surface area contributed by atoms with Crippen molar-refractivity contribution in [3.63, 3.8) is 0 Å². The predicted octanol–water partition coefficient (Wildman–Crippen LogP) is 4.35. The lowest BCUT2D eigenvalue weighted by molar-refractivity contribution is -0.138.